The van der Waals surface area contributed by atoms with Gasteiger partial charge in [-0.3, -0.25) is 0 Å². The fourth-order valence-corrected chi connectivity index (χ4v) is 0.616. The van der Waals surface area contributed by atoms with Crippen LogP contribution < -0.4 is 0 Å². The summed E-state index contributed by atoms with van der Waals surface area (Å²) in [5, 5.41) is 0.782. The van der Waals surface area contributed by atoms with Gasteiger partial charge in [0.15, 0.2) is 0 Å². The second kappa shape index (κ2) is 1.96. The second-order valence-corrected chi connectivity index (χ2v) is 2.04. The third-order valence-electron chi connectivity index (χ3n) is 0.812. The third kappa shape index (κ3) is 0.812. The van der Waals surface area contributed by atoms with Crippen molar-refractivity contribution >= 4 is 23.2 Å². The zero-order valence-electron chi connectivity index (χ0n) is 4.15. The van der Waals surface area contributed by atoms with Gasteiger partial charge < -0.3 is 4.57 Å². The van der Waals surface area contributed by atoms with Gasteiger partial charge in [-0.1, -0.05) is 11.6 Å². The summed E-state index contributed by atoms with van der Waals surface area (Å²) in [5.41, 5.74) is 0. The van der Waals surface area contributed by atoms with E-state index in [1.165, 1.54) is 4.57 Å². The standard InChI is InChI=1S/C4H3Cl2N2/c1-8-3(5)2-7-4(8)6/h1H3. The van der Waals surface area contributed by atoms with Gasteiger partial charge in [0.1, 0.15) is 11.3 Å². The SMILES string of the molecule is Cn1c(Cl)[c]nc1Cl. The fourth-order valence-electron chi connectivity index (χ4n) is 0.323. The Morgan fingerprint density at radius 2 is 2.25 bits per heavy atom. The molecule has 0 N–H and O–H groups in total. The maximum Gasteiger partial charge on any atom is 0.204 e. The Kier molecular flexibility index (Phi) is 1.45. The molecule has 0 atom stereocenters. The molecular formula is C4H3Cl2N2. The largest absolute Gasteiger partial charge is 0.308 e. The average molecular weight is 150 g/mol. The first-order valence-corrected chi connectivity index (χ1v) is 2.73. The Balaban J connectivity index is 3.19. The summed E-state index contributed by atoms with van der Waals surface area (Å²) in [6.45, 7) is 0. The monoisotopic (exact) mass is 149 g/mol. The van der Waals surface area contributed by atoms with E-state index >= 15 is 0 Å². The van der Waals surface area contributed by atoms with Crippen molar-refractivity contribution in [1.82, 2.24) is 9.55 Å². The third-order valence-corrected chi connectivity index (χ3v) is 1.49. The number of aromatic nitrogens is 2. The van der Waals surface area contributed by atoms with E-state index in [-0.39, 0.29) is 0 Å². The van der Waals surface area contributed by atoms with Gasteiger partial charge in [-0.25, -0.2) is 4.98 Å². The fraction of sp³-hybridized carbons (Fsp3) is 0.250. The summed E-state index contributed by atoms with van der Waals surface area (Å²) < 4.78 is 1.53. The normalized spacial score (nSPS) is 9.88. The van der Waals surface area contributed by atoms with E-state index in [1.807, 2.05) is 0 Å². The van der Waals surface area contributed by atoms with Crippen molar-refractivity contribution in [2.75, 3.05) is 0 Å². The molecule has 1 aromatic rings. The molecule has 8 heavy (non-hydrogen) atoms. The van der Waals surface area contributed by atoms with Crippen molar-refractivity contribution in [1.29, 1.82) is 0 Å². The van der Waals surface area contributed by atoms with Gasteiger partial charge in [0.2, 0.25) is 5.28 Å². The number of imidazole rings is 1. The lowest BCUT2D eigenvalue weighted by atomic mass is 10.9. The number of hydrogen-bond donors (Lipinski definition) is 0. The van der Waals surface area contributed by atoms with Gasteiger partial charge in [0, 0.05) is 7.05 Å². The highest BCUT2D eigenvalue weighted by molar-refractivity contribution is 6.32. The van der Waals surface area contributed by atoms with E-state index in [4.69, 9.17) is 23.2 Å². The molecule has 0 saturated heterocycles. The van der Waals surface area contributed by atoms with Crippen LogP contribution in [-0.4, -0.2) is 9.55 Å². The van der Waals surface area contributed by atoms with Crippen LogP contribution in [0.4, 0.5) is 0 Å². The number of hydrogen-bond acceptors (Lipinski definition) is 1. The molecule has 2 nitrogen and oxygen atoms in total. The summed E-state index contributed by atoms with van der Waals surface area (Å²) in [4.78, 5) is 3.59. The van der Waals surface area contributed by atoms with Crippen molar-refractivity contribution in [3.63, 3.8) is 0 Å². The second-order valence-electron chi connectivity index (χ2n) is 1.34. The zero-order valence-corrected chi connectivity index (χ0v) is 5.66. The molecule has 0 unspecified atom stereocenters. The van der Waals surface area contributed by atoms with Crippen molar-refractivity contribution in [2.45, 2.75) is 0 Å². The van der Waals surface area contributed by atoms with E-state index < -0.39 is 0 Å². The van der Waals surface area contributed by atoms with Crippen molar-refractivity contribution < 1.29 is 0 Å². The van der Waals surface area contributed by atoms with Gasteiger partial charge in [-0.15, -0.1) is 0 Å². The molecule has 0 spiro atoms. The van der Waals surface area contributed by atoms with E-state index in [0.29, 0.717) is 10.4 Å². The molecule has 43 valence electrons. The predicted octanol–water partition coefficient (Wildman–Crippen LogP) is 1.53. The molecule has 1 heterocycles. The molecular weight excluding hydrogens is 147 g/mol. The lowest BCUT2D eigenvalue weighted by Crippen LogP contribution is -1.85. The molecule has 0 amide bonds. The van der Waals surface area contributed by atoms with Crippen LogP contribution in [0.2, 0.25) is 10.4 Å². The van der Waals surface area contributed by atoms with Crippen LogP contribution in [0.3, 0.4) is 0 Å². The number of rotatable bonds is 0. The van der Waals surface area contributed by atoms with E-state index in [9.17, 15) is 0 Å². The molecule has 0 aromatic carbocycles. The van der Waals surface area contributed by atoms with Crippen molar-refractivity contribution in [2.24, 2.45) is 7.05 Å². The van der Waals surface area contributed by atoms with Crippen molar-refractivity contribution in [3.8, 4) is 0 Å². The molecule has 0 fully saturated rings. The van der Waals surface area contributed by atoms with Crippen LogP contribution in [0.15, 0.2) is 0 Å². The van der Waals surface area contributed by atoms with Crippen LogP contribution in [0.25, 0.3) is 0 Å². The van der Waals surface area contributed by atoms with E-state index in [1.54, 1.807) is 7.05 Å². The molecule has 1 aromatic heterocycles. The summed E-state index contributed by atoms with van der Waals surface area (Å²) in [6, 6.07) is 0. The van der Waals surface area contributed by atoms with Crippen molar-refractivity contribution in [3.05, 3.63) is 16.6 Å². The zero-order chi connectivity index (χ0) is 6.15. The first-order chi connectivity index (χ1) is 3.72. The topological polar surface area (TPSA) is 17.8 Å². The summed E-state index contributed by atoms with van der Waals surface area (Å²) >= 11 is 11.0. The van der Waals surface area contributed by atoms with E-state index in [0.717, 1.165) is 0 Å². The highest BCUT2D eigenvalue weighted by atomic mass is 35.5. The molecule has 0 aliphatic heterocycles. The van der Waals surface area contributed by atoms with E-state index in [2.05, 4.69) is 11.2 Å². The predicted molar refractivity (Wildman–Crippen MR) is 32.1 cm³/mol. The van der Waals surface area contributed by atoms with Gasteiger partial charge >= 0.3 is 0 Å². The molecule has 1 rings (SSSR count). The first kappa shape index (κ1) is 5.92. The maximum atomic E-state index is 5.49. The van der Waals surface area contributed by atoms with Crippen LogP contribution >= 0.6 is 23.2 Å². The van der Waals surface area contributed by atoms with Crippen LogP contribution in [0.1, 0.15) is 0 Å². The Bertz CT molecular complexity index is 174. The summed E-state index contributed by atoms with van der Waals surface area (Å²) in [7, 11) is 1.72. The minimum atomic E-state index is 0.356. The highest BCUT2D eigenvalue weighted by Crippen LogP contribution is 2.11. The number of nitrogens with zero attached hydrogens (tertiary/aromatic N) is 2. The van der Waals surface area contributed by atoms with Gasteiger partial charge in [0.05, 0.1) is 0 Å². The summed E-state index contributed by atoms with van der Waals surface area (Å²) in [5.74, 6) is 0. The highest BCUT2D eigenvalue weighted by Gasteiger charge is 1.98. The molecule has 0 bridgehead atoms. The smallest absolute Gasteiger partial charge is 0.204 e. The Hall–Kier alpha value is -0.210. The lowest BCUT2D eigenvalue weighted by Gasteiger charge is -1.89. The first-order valence-electron chi connectivity index (χ1n) is 1.97. The molecule has 4 heteroatoms. The molecule has 0 aliphatic carbocycles. The quantitative estimate of drug-likeness (QED) is 0.548. The minimum Gasteiger partial charge on any atom is -0.308 e. The number of halogens is 2. The molecule has 0 saturated carbocycles. The lowest BCUT2D eigenvalue weighted by molar-refractivity contribution is 0.915. The van der Waals surface area contributed by atoms with Crippen LogP contribution in [-0.2, 0) is 7.05 Å². The average Bonchev–Trinajstić information content (AvgIpc) is 1.98. The molecule has 0 aliphatic rings. The Morgan fingerprint density at radius 3 is 2.38 bits per heavy atom. The maximum absolute atomic E-state index is 5.49. The van der Waals surface area contributed by atoms with Gasteiger partial charge in [-0.2, -0.15) is 0 Å². The van der Waals surface area contributed by atoms with Crippen LogP contribution in [0.5, 0.6) is 0 Å². The molecule has 1 radical (unpaired) electrons. The van der Waals surface area contributed by atoms with Gasteiger partial charge in [-0.05, 0) is 11.6 Å². The Labute approximate surface area is 57.0 Å². The summed E-state index contributed by atoms with van der Waals surface area (Å²) in [6.07, 6.45) is 2.48. The van der Waals surface area contributed by atoms with Gasteiger partial charge in [0.25, 0.3) is 0 Å². The minimum absolute atomic E-state index is 0.356. The van der Waals surface area contributed by atoms with Crippen LogP contribution in [0, 0.1) is 6.20 Å². The Morgan fingerprint density at radius 1 is 1.62 bits per heavy atom.